The van der Waals surface area contributed by atoms with Crippen molar-refractivity contribution in [1.82, 2.24) is 19.7 Å². The van der Waals surface area contributed by atoms with Crippen LogP contribution in [0.25, 0.3) is 11.5 Å². The molecule has 0 radical (unpaired) electrons. The van der Waals surface area contributed by atoms with Gasteiger partial charge in [0, 0.05) is 6.54 Å². The molecule has 0 saturated carbocycles. The first-order chi connectivity index (χ1) is 13.7. The van der Waals surface area contributed by atoms with E-state index in [-0.39, 0.29) is 5.91 Å². The highest BCUT2D eigenvalue weighted by atomic mass is 79.9. The smallest absolute Gasteiger partial charge is 0.260 e. The molecule has 28 heavy (non-hydrogen) atoms. The molecule has 1 aromatic carbocycles. The maximum absolute atomic E-state index is 12.9. The zero-order valence-electron chi connectivity index (χ0n) is 15.2. The van der Waals surface area contributed by atoms with E-state index in [1.807, 2.05) is 16.7 Å². The van der Waals surface area contributed by atoms with Crippen LogP contribution in [0.3, 0.4) is 0 Å². The topological polar surface area (TPSA) is 91.2 Å². The summed E-state index contributed by atoms with van der Waals surface area (Å²) >= 11 is 3.45. The van der Waals surface area contributed by atoms with E-state index in [9.17, 15) is 4.79 Å². The van der Waals surface area contributed by atoms with Gasteiger partial charge in [0.05, 0.1) is 23.8 Å². The number of nitrogens with zero attached hydrogens (tertiary/aromatic N) is 4. The first-order valence-corrected chi connectivity index (χ1v) is 9.62. The lowest BCUT2D eigenvalue weighted by Crippen LogP contribution is -2.16. The Bertz CT molecular complexity index is 1020. The van der Waals surface area contributed by atoms with Crippen molar-refractivity contribution in [3.63, 3.8) is 0 Å². The molecule has 2 bridgehead atoms. The maximum Gasteiger partial charge on any atom is 0.260 e. The normalized spacial score (nSPS) is 14.1. The first kappa shape index (κ1) is 18.4. The average Bonchev–Trinajstić information content (AvgIpc) is 3.16. The van der Waals surface area contributed by atoms with Gasteiger partial charge in [0.25, 0.3) is 5.91 Å². The second kappa shape index (κ2) is 7.97. The van der Waals surface area contributed by atoms with E-state index in [2.05, 4.69) is 36.4 Å². The molecule has 0 spiro atoms. The lowest BCUT2D eigenvalue weighted by molar-refractivity contribution is 0.102. The maximum atomic E-state index is 12.9. The number of pyridine rings is 1. The molecule has 1 N–H and O–H groups in total. The van der Waals surface area contributed by atoms with Gasteiger partial charge < -0.3 is 19.4 Å². The van der Waals surface area contributed by atoms with Crippen LogP contribution >= 0.6 is 15.9 Å². The van der Waals surface area contributed by atoms with Crippen LogP contribution in [-0.2, 0) is 6.54 Å². The molecule has 4 rings (SSSR count). The van der Waals surface area contributed by atoms with Gasteiger partial charge in [0.2, 0.25) is 0 Å². The molecule has 2 aromatic heterocycles. The van der Waals surface area contributed by atoms with E-state index in [4.69, 9.17) is 9.47 Å². The van der Waals surface area contributed by atoms with Gasteiger partial charge in [-0.1, -0.05) is 6.07 Å². The van der Waals surface area contributed by atoms with Crippen molar-refractivity contribution in [2.24, 2.45) is 0 Å². The summed E-state index contributed by atoms with van der Waals surface area (Å²) in [4.78, 5) is 17.4. The number of aromatic nitrogens is 4. The minimum absolute atomic E-state index is 0.330. The van der Waals surface area contributed by atoms with Gasteiger partial charge in [-0.25, -0.2) is 4.98 Å². The van der Waals surface area contributed by atoms with Gasteiger partial charge in [-0.05, 0) is 53.0 Å². The number of methoxy groups -OCH3 is 1. The Balaban J connectivity index is 1.75. The summed E-state index contributed by atoms with van der Waals surface area (Å²) in [5.74, 6) is 1.79. The fraction of sp³-hybridized carbons (Fsp3) is 0.263. The molecule has 0 saturated heterocycles. The number of benzene rings is 1. The Kier molecular flexibility index (Phi) is 5.25. The Hall–Kier alpha value is -2.94. The predicted molar refractivity (Wildman–Crippen MR) is 107 cm³/mol. The number of amides is 1. The monoisotopic (exact) mass is 443 g/mol. The van der Waals surface area contributed by atoms with Crippen LogP contribution in [-0.4, -0.2) is 39.4 Å². The number of halogens is 1. The van der Waals surface area contributed by atoms with Crippen molar-refractivity contribution in [2.75, 3.05) is 19.0 Å². The molecule has 8 nitrogen and oxygen atoms in total. The molecule has 0 atom stereocenters. The highest BCUT2D eigenvalue weighted by Gasteiger charge is 2.19. The van der Waals surface area contributed by atoms with Gasteiger partial charge in [-0.2, -0.15) is 0 Å². The van der Waals surface area contributed by atoms with Crippen LogP contribution < -0.4 is 14.8 Å². The van der Waals surface area contributed by atoms with E-state index in [1.165, 1.54) is 0 Å². The Morgan fingerprint density at radius 3 is 3.04 bits per heavy atom. The summed E-state index contributed by atoms with van der Waals surface area (Å²) < 4.78 is 13.9. The molecular weight excluding hydrogens is 426 g/mol. The van der Waals surface area contributed by atoms with Gasteiger partial charge >= 0.3 is 0 Å². The quantitative estimate of drug-likeness (QED) is 0.618. The van der Waals surface area contributed by atoms with Crippen LogP contribution in [0.5, 0.6) is 11.5 Å². The van der Waals surface area contributed by atoms with Crippen LogP contribution in [0.15, 0.2) is 41.1 Å². The molecule has 0 fully saturated rings. The number of aryl methyl sites for hydroxylation is 1. The fourth-order valence-electron chi connectivity index (χ4n) is 2.98. The lowest BCUT2D eigenvalue weighted by Gasteiger charge is -2.15. The van der Waals surface area contributed by atoms with Crippen LogP contribution in [0.1, 0.15) is 23.2 Å². The number of carbonyl (C=O) groups excluding carboxylic acids is 1. The van der Waals surface area contributed by atoms with Crippen molar-refractivity contribution >= 4 is 27.7 Å². The van der Waals surface area contributed by atoms with Crippen molar-refractivity contribution in [3.8, 4) is 23.0 Å². The van der Waals surface area contributed by atoms with E-state index in [0.717, 1.165) is 23.9 Å². The summed E-state index contributed by atoms with van der Waals surface area (Å²) in [5, 5.41) is 11.0. The Morgan fingerprint density at radius 1 is 1.29 bits per heavy atom. The summed E-state index contributed by atoms with van der Waals surface area (Å²) in [7, 11) is 1.55. The molecule has 1 aliphatic rings. The van der Waals surface area contributed by atoms with E-state index in [0.29, 0.717) is 41.0 Å². The Labute approximate surface area is 170 Å². The molecule has 3 aromatic rings. The third-order valence-electron chi connectivity index (χ3n) is 4.38. The molecule has 0 unspecified atom stereocenters. The number of fused-ring (bicyclic) bond motifs is 5. The molecular formula is C19H18BrN5O3. The minimum atomic E-state index is -0.330. The van der Waals surface area contributed by atoms with Crippen molar-refractivity contribution in [2.45, 2.75) is 19.4 Å². The number of anilines is 1. The largest absolute Gasteiger partial charge is 0.496 e. The summed E-state index contributed by atoms with van der Waals surface area (Å²) in [6, 6.07) is 8.80. The number of ether oxygens (including phenoxy) is 2. The predicted octanol–water partition coefficient (Wildman–Crippen LogP) is 3.54. The molecule has 9 heteroatoms. The highest BCUT2D eigenvalue weighted by Crippen LogP contribution is 2.33. The molecule has 3 heterocycles. The van der Waals surface area contributed by atoms with Gasteiger partial charge in [0.15, 0.2) is 5.82 Å². The standard InChI is InChI=1S/C19H18BrN5O3/c1-27-16-9-12-15(10-13(16)20)28-8-3-2-7-25-11-21-24-18(25)14-5-4-6-17(22-14)23-19(12)26/h4-6,9-11H,2-3,7-8H2,1H3,(H,22,23,26). The van der Waals surface area contributed by atoms with Gasteiger partial charge in [-0.3, -0.25) is 4.79 Å². The third kappa shape index (κ3) is 3.70. The van der Waals surface area contributed by atoms with Crippen molar-refractivity contribution < 1.29 is 14.3 Å². The Morgan fingerprint density at radius 2 is 2.18 bits per heavy atom. The number of carbonyl (C=O) groups is 1. The van der Waals surface area contributed by atoms with Crippen LogP contribution in [0, 0.1) is 0 Å². The van der Waals surface area contributed by atoms with E-state index >= 15 is 0 Å². The second-order valence-electron chi connectivity index (χ2n) is 6.25. The zero-order valence-corrected chi connectivity index (χ0v) is 16.8. The fourth-order valence-corrected chi connectivity index (χ4v) is 3.47. The van der Waals surface area contributed by atoms with Crippen LogP contribution in [0.2, 0.25) is 0 Å². The number of hydrogen-bond donors (Lipinski definition) is 1. The lowest BCUT2D eigenvalue weighted by atomic mass is 10.1. The third-order valence-corrected chi connectivity index (χ3v) is 5.00. The average molecular weight is 444 g/mol. The van der Waals surface area contributed by atoms with Gasteiger partial charge in [-0.15, -0.1) is 10.2 Å². The van der Waals surface area contributed by atoms with E-state index < -0.39 is 0 Å². The van der Waals surface area contributed by atoms with Gasteiger partial charge in [0.1, 0.15) is 29.3 Å². The number of hydrogen-bond acceptors (Lipinski definition) is 6. The minimum Gasteiger partial charge on any atom is -0.496 e. The highest BCUT2D eigenvalue weighted by molar-refractivity contribution is 9.10. The summed E-state index contributed by atoms with van der Waals surface area (Å²) in [5.41, 5.74) is 1.03. The van der Waals surface area contributed by atoms with Crippen LogP contribution in [0.4, 0.5) is 5.82 Å². The second-order valence-corrected chi connectivity index (χ2v) is 7.10. The van der Waals surface area contributed by atoms with E-state index in [1.54, 1.807) is 31.6 Å². The number of rotatable bonds is 1. The SMILES string of the molecule is COc1cc2c(cc1Br)OCCCCn1cnnc1-c1cccc(n1)NC2=O. The first-order valence-electron chi connectivity index (χ1n) is 8.82. The molecule has 144 valence electrons. The summed E-state index contributed by atoms with van der Waals surface area (Å²) in [6.07, 6.45) is 3.38. The molecule has 0 aliphatic carbocycles. The number of nitrogens with one attached hydrogen (secondary N) is 1. The zero-order chi connectivity index (χ0) is 19.5. The van der Waals surface area contributed by atoms with Crippen molar-refractivity contribution in [1.29, 1.82) is 0 Å². The van der Waals surface area contributed by atoms with Crippen molar-refractivity contribution in [3.05, 3.63) is 46.7 Å². The summed E-state index contributed by atoms with van der Waals surface area (Å²) in [6.45, 7) is 1.24. The molecule has 1 aliphatic heterocycles. The molecule has 1 amide bonds.